The first kappa shape index (κ1) is 21.3. The van der Waals surface area contributed by atoms with Crippen LogP contribution in [0.1, 0.15) is 29.6 Å². The molecule has 1 atom stereocenters. The van der Waals surface area contributed by atoms with Gasteiger partial charge in [0.1, 0.15) is 11.6 Å². The molecule has 0 spiro atoms. The van der Waals surface area contributed by atoms with Gasteiger partial charge in [-0.1, -0.05) is 11.6 Å². The summed E-state index contributed by atoms with van der Waals surface area (Å²) in [6.07, 6.45) is 5.04. The molecule has 2 aromatic carbocycles. The minimum atomic E-state index is -0.564. The summed E-state index contributed by atoms with van der Waals surface area (Å²) in [6.45, 7) is 1.67. The van der Waals surface area contributed by atoms with E-state index in [0.717, 1.165) is 30.0 Å². The first-order valence-electron chi connectivity index (χ1n) is 10.3. The number of anilines is 1. The van der Waals surface area contributed by atoms with Crippen molar-refractivity contribution >= 4 is 23.2 Å². The lowest BCUT2D eigenvalue weighted by atomic mass is 10.1. The molecule has 0 radical (unpaired) electrons. The van der Waals surface area contributed by atoms with Gasteiger partial charge in [0.05, 0.1) is 17.3 Å². The van der Waals surface area contributed by atoms with Crippen LogP contribution in [0.25, 0.3) is 11.3 Å². The molecule has 6 nitrogen and oxygen atoms in total. The van der Waals surface area contributed by atoms with Crippen molar-refractivity contribution in [1.29, 1.82) is 0 Å². The second kappa shape index (κ2) is 9.49. The van der Waals surface area contributed by atoms with E-state index in [1.807, 2.05) is 25.2 Å². The van der Waals surface area contributed by atoms with Crippen LogP contribution in [0, 0.1) is 5.82 Å². The second-order valence-electron chi connectivity index (χ2n) is 7.56. The highest BCUT2D eigenvalue weighted by Gasteiger charge is 2.16. The van der Waals surface area contributed by atoms with E-state index in [1.165, 1.54) is 31.0 Å². The molecule has 2 heterocycles. The van der Waals surface area contributed by atoms with E-state index in [-0.39, 0.29) is 16.5 Å². The molecule has 0 aliphatic carbocycles. The molecular formula is C23H24ClFN4O2. The van der Waals surface area contributed by atoms with Crippen molar-refractivity contribution < 1.29 is 13.9 Å². The molecule has 31 heavy (non-hydrogen) atoms. The number of nitrogens with zero attached hydrogens (tertiary/aromatic N) is 2. The lowest BCUT2D eigenvalue weighted by Crippen LogP contribution is -2.23. The summed E-state index contributed by atoms with van der Waals surface area (Å²) in [7, 11) is 1.85. The van der Waals surface area contributed by atoms with Gasteiger partial charge in [-0.2, -0.15) is 5.10 Å². The summed E-state index contributed by atoms with van der Waals surface area (Å²) in [4.78, 5) is 12.6. The van der Waals surface area contributed by atoms with Crippen molar-refractivity contribution in [3.8, 4) is 17.0 Å². The summed E-state index contributed by atoms with van der Waals surface area (Å²) >= 11 is 5.80. The quantitative estimate of drug-likeness (QED) is 0.558. The van der Waals surface area contributed by atoms with Gasteiger partial charge in [0.2, 0.25) is 0 Å². The number of amides is 1. The number of aryl methyl sites for hydroxylation is 1. The lowest BCUT2D eigenvalue weighted by Gasteiger charge is -2.16. The third-order valence-corrected chi connectivity index (χ3v) is 5.69. The van der Waals surface area contributed by atoms with E-state index in [2.05, 4.69) is 15.7 Å². The van der Waals surface area contributed by atoms with Crippen molar-refractivity contribution in [1.82, 2.24) is 15.1 Å². The molecule has 4 rings (SSSR count). The van der Waals surface area contributed by atoms with Crippen LogP contribution in [0.15, 0.2) is 48.7 Å². The summed E-state index contributed by atoms with van der Waals surface area (Å²) in [6, 6.07) is 11.8. The SMILES string of the molecule is Cn1nccc1-c1cc(NC(=O)c2ccc(F)c(Cl)c2)ccc1OCCC1CCCN1. The van der Waals surface area contributed by atoms with Gasteiger partial charge in [-0.15, -0.1) is 0 Å². The molecule has 1 amide bonds. The van der Waals surface area contributed by atoms with Gasteiger partial charge in [0.25, 0.3) is 5.91 Å². The normalized spacial score (nSPS) is 15.8. The van der Waals surface area contributed by atoms with Gasteiger partial charge in [0.15, 0.2) is 0 Å². The van der Waals surface area contributed by atoms with Gasteiger partial charge >= 0.3 is 0 Å². The van der Waals surface area contributed by atoms with E-state index < -0.39 is 5.82 Å². The Morgan fingerprint density at radius 3 is 2.90 bits per heavy atom. The van der Waals surface area contributed by atoms with Crippen LogP contribution >= 0.6 is 11.6 Å². The van der Waals surface area contributed by atoms with Crippen molar-refractivity contribution in [3.05, 3.63) is 65.1 Å². The smallest absolute Gasteiger partial charge is 0.255 e. The molecule has 0 bridgehead atoms. The van der Waals surface area contributed by atoms with Gasteiger partial charge in [-0.05, 0) is 68.3 Å². The van der Waals surface area contributed by atoms with Gasteiger partial charge in [0, 0.05) is 36.1 Å². The largest absolute Gasteiger partial charge is 0.493 e. The molecular weight excluding hydrogens is 419 g/mol. The molecule has 3 aromatic rings. The molecule has 8 heteroatoms. The number of ether oxygens (including phenoxy) is 1. The van der Waals surface area contributed by atoms with Crippen LogP contribution in [0.4, 0.5) is 10.1 Å². The first-order chi connectivity index (χ1) is 15.0. The van der Waals surface area contributed by atoms with Crippen molar-refractivity contribution in [3.63, 3.8) is 0 Å². The van der Waals surface area contributed by atoms with Gasteiger partial charge in [-0.3, -0.25) is 9.48 Å². The third kappa shape index (κ3) is 5.06. The van der Waals surface area contributed by atoms with Crippen molar-refractivity contribution in [2.45, 2.75) is 25.3 Å². The molecule has 1 aromatic heterocycles. The maximum absolute atomic E-state index is 13.4. The Morgan fingerprint density at radius 1 is 1.32 bits per heavy atom. The van der Waals surface area contributed by atoms with Crippen molar-refractivity contribution in [2.75, 3.05) is 18.5 Å². The molecule has 0 saturated carbocycles. The monoisotopic (exact) mass is 442 g/mol. The van der Waals surface area contributed by atoms with E-state index in [0.29, 0.717) is 18.3 Å². The number of hydrogen-bond acceptors (Lipinski definition) is 4. The molecule has 1 aliphatic heterocycles. The predicted octanol–water partition coefficient (Wildman–Crippen LogP) is 4.65. The summed E-state index contributed by atoms with van der Waals surface area (Å²) in [5.74, 6) is -0.214. The van der Waals surface area contributed by atoms with E-state index in [4.69, 9.17) is 16.3 Å². The molecule has 2 N–H and O–H groups in total. The number of rotatable bonds is 7. The fourth-order valence-corrected chi connectivity index (χ4v) is 3.91. The average molecular weight is 443 g/mol. The third-order valence-electron chi connectivity index (χ3n) is 5.40. The number of benzene rings is 2. The van der Waals surface area contributed by atoms with Crippen LogP contribution in [0.2, 0.25) is 5.02 Å². The van der Waals surface area contributed by atoms with Crippen LogP contribution in [0.3, 0.4) is 0 Å². The maximum atomic E-state index is 13.4. The number of halogens is 2. The Morgan fingerprint density at radius 2 is 2.19 bits per heavy atom. The Labute approximate surface area is 185 Å². The lowest BCUT2D eigenvalue weighted by molar-refractivity contribution is 0.102. The summed E-state index contributed by atoms with van der Waals surface area (Å²) < 4.78 is 21.2. The molecule has 1 saturated heterocycles. The molecule has 1 fully saturated rings. The summed E-state index contributed by atoms with van der Waals surface area (Å²) in [5, 5.41) is 10.5. The highest BCUT2D eigenvalue weighted by molar-refractivity contribution is 6.31. The number of hydrogen-bond donors (Lipinski definition) is 2. The van der Waals surface area contributed by atoms with Crippen LogP contribution in [-0.2, 0) is 7.05 Å². The van der Waals surface area contributed by atoms with Gasteiger partial charge in [-0.25, -0.2) is 4.39 Å². The Balaban J connectivity index is 1.54. The highest BCUT2D eigenvalue weighted by Crippen LogP contribution is 2.33. The number of carbonyl (C=O) groups excluding carboxylic acids is 1. The maximum Gasteiger partial charge on any atom is 0.255 e. The highest BCUT2D eigenvalue weighted by atomic mass is 35.5. The van der Waals surface area contributed by atoms with Crippen LogP contribution in [0.5, 0.6) is 5.75 Å². The summed E-state index contributed by atoms with van der Waals surface area (Å²) in [5.41, 5.74) is 2.56. The molecule has 162 valence electrons. The van der Waals surface area contributed by atoms with Gasteiger partial charge < -0.3 is 15.4 Å². The van der Waals surface area contributed by atoms with Crippen molar-refractivity contribution in [2.24, 2.45) is 7.05 Å². The fraction of sp³-hybridized carbons (Fsp3) is 0.304. The van der Waals surface area contributed by atoms with Crippen LogP contribution < -0.4 is 15.4 Å². The topological polar surface area (TPSA) is 68.2 Å². The zero-order valence-corrected chi connectivity index (χ0v) is 18.0. The van der Waals surface area contributed by atoms with E-state index in [1.54, 1.807) is 16.9 Å². The second-order valence-corrected chi connectivity index (χ2v) is 7.97. The minimum absolute atomic E-state index is 0.0938. The zero-order chi connectivity index (χ0) is 21.8. The number of carbonyl (C=O) groups is 1. The fourth-order valence-electron chi connectivity index (χ4n) is 3.73. The Kier molecular flexibility index (Phi) is 6.53. The number of nitrogens with one attached hydrogen (secondary N) is 2. The first-order valence-corrected chi connectivity index (χ1v) is 10.6. The molecule has 1 aliphatic rings. The molecule has 1 unspecified atom stereocenters. The van der Waals surface area contributed by atoms with E-state index in [9.17, 15) is 9.18 Å². The standard InChI is InChI=1S/C23H24ClFN4O2/c1-29-21(8-11-27-29)18-14-17(28-23(30)15-4-6-20(25)19(24)13-15)5-7-22(18)31-12-9-16-3-2-10-26-16/h4-8,11,13-14,16,26H,2-3,9-10,12H2,1H3,(H,28,30). The van der Waals surface area contributed by atoms with Crippen LogP contribution in [-0.4, -0.2) is 34.9 Å². The average Bonchev–Trinajstić information content (AvgIpc) is 3.42. The zero-order valence-electron chi connectivity index (χ0n) is 17.2. The minimum Gasteiger partial charge on any atom is -0.493 e. The Hall–Kier alpha value is -2.90. The predicted molar refractivity (Wildman–Crippen MR) is 119 cm³/mol. The Bertz CT molecular complexity index is 1080. The van der Waals surface area contributed by atoms with E-state index >= 15 is 0 Å². The number of aromatic nitrogens is 2.